The molecule has 0 aliphatic carbocycles. The number of carbonyl (C=O) groups excluding carboxylic acids is 1. The third-order valence-corrected chi connectivity index (χ3v) is 3.73. The highest BCUT2D eigenvalue weighted by molar-refractivity contribution is 5.94. The first-order chi connectivity index (χ1) is 9.26. The molecule has 2 rings (SSSR count). The number of hydrogen-bond donors (Lipinski definition) is 2. The first kappa shape index (κ1) is 14.0. The highest BCUT2D eigenvalue weighted by atomic mass is 16.3. The number of rotatable bonds is 4. The number of hydrogen-bond acceptors (Lipinski definition) is 3. The average molecular weight is 263 g/mol. The van der Waals surface area contributed by atoms with Crippen LogP contribution in [0.15, 0.2) is 24.3 Å². The van der Waals surface area contributed by atoms with Crippen LogP contribution in [-0.2, 0) is 6.61 Å². The van der Waals surface area contributed by atoms with E-state index in [-0.39, 0.29) is 25.2 Å². The molecule has 1 aromatic carbocycles. The van der Waals surface area contributed by atoms with Gasteiger partial charge >= 0.3 is 0 Å². The third-order valence-electron chi connectivity index (χ3n) is 3.73. The Morgan fingerprint density at radius 3 is 2.58 bits per heavy atom. The summed E-state index contributed by atoms with van der Waals surface area (Å²) in [6.07, 6.45) is 3.78. The van der Waals surface area contributed by atoms with Crippen molar-refractivity contribution in [3.8, 4) is 0 Å². The zero-order valence-corrected chi connectivity index (χ0v) is 11.1. The van der Waals surface area contributed by atoms with Crippen LogP contribution in [0.1, 0.15) is 41.6 Å². The molecule has 19 heavy (non-hydrogen) atoms. The molecule has 1 aliphatic heterocycles. The zero-order valence-electron chi connectivity index (χ0n) is 11.1. The van der Waals surface area contributed by atoms with Crippen LogP contribution in [-0.4, -0.2) is 40.2 Å². The lowest BCUT2D eigenvalue weighted by molar-refractivity contribution is 0.0574. The van der Waals surface area contributed by atoms with Gasteiger partial charge in [0.15, 0.2) is 0 Å². The van der Waals surface area contributed by atoms with E-state index in [0.717, 1.165) is 31.4 Å². The van der Waals surface area contributed by atoms with Gasteiger partial charge in [0.05, 0.1) is 6.61 Å². The van der Waals surface area contributed by atoms with Crippen molar-refractivity contribution >= 4 is 5.91 Å². The number of piperidine rings is 1. The van der Waals surface area contributed by atoms with Gasteiger partial charge in [0.1, 0.15) is 0 Å². The zero-order chi connectivity index (χ0) is 13.7. The Balaban J connectivity index is 2.11. The third kappa shape index (κ3) is 3.33. The van der Waals surface area contributed by atoms with Gasteiger partial charge in [0.25, 0.3) is 5.91 Å². The van der Waals surface area contributed by atoms with Crippen molar-refractivity contribution in [3.63, 3.8) is 0 Å². The monoisotopic (exact) mass is 263 g/mol. The first-order valence-electron chi connectivity index (χ1n) is 6.88. The number of amides is 1. The van der Waals surface area contributed by atoms with Crippen molar-refractivity contribution in [3.05, 3.63) is 35.4 Å². The summed E-state index contributed by atoms with van der Waals surface area (Å²) in [5.74, 6) is 0.0302. The molecule has 1 unspecified atom stereocenters. The summed E-state index contributed by atoms with van der Waals surface area (Å²) >= 11 is 0. The van der Waals surface area contributed by atoms with E-state index in [9.17, 15) is 4.79 Å². The lowest BCUT2D eigenvalue weighted by Crippen LogP contribution is -2.44. The molecule has 0 bridgehead atoms. The number of aliphatic hydroxyl groups is 2. The summed E-state index contributed by atoms with van der Waals surface area (Å²) in [7, 11) is 0. The average Bonchev–Trinajstić information content (AvgIpc) is 2.47. The largest absolute Gasteiger partial charge is 0.396 e. The molecular formula is C15H21NO3. The summed E-state index contributed by atoms with van der Waals surface area (Å²) in [5.41, 5.74) is 1.46. The van der Waals surface area contributed by atoms with Crippen LogP contribution < -0.4 is 0 Å². The van der Waals surface area contributed by atoms with Crippen LogP contribution in [0.4, 0.5) is 0 Å². The predicted octanol–water partition coefficient (Wildman–Crippen LogP) is 1.56. The Kier molecular flexibility index (Phi) is 4.93. The van der Waals surface area contributed by atoms with Gasteiger partial charge in [-0.25, -0.2) is 0 Å². The van der Waals surface area contributed by atoms with E-state index in [1.807, 2.05) is 4.90 Å². The molecule has 1 aromatic rings. The van der Waals surface area contributed by atoms with Crippen molar-refractivity contribution in [2.45, 2.75) is 38.3 Å². The summed E-state index contributed by atoms with van der Waals surface area (Å²) in [4.78, 5) is 14.3. The van der Waals surface area contributed by atoms with Crippen LogP contribution >= 0.6 is 0 Å². The normalized spacial score (nSPS) is 19.5. The standard InChI is InChI=1S/C15H21NO3/c17-10-8-14-3-1-2-9-16(14)15(19)13-6-4-12(11-18)5-7-13/h4-7,14,17-18H,1-3,8-11H2. The fraction of sp³-hybridized carbons (Fsp3) is 0.533. The minimum Gasteiger partial charge on any atom is -0.396 e. The Hall–Kier alpha value is -1.39. The number of nitrogens with zero attached hydrogens (tertiary/aromatic N) is 1. The molecule has 1 heterocycles. The molecule has 2 N–H and O–H groups in total. The molecular weight excluding hydrogens is 242 g/mol. The molecule has 1 aliphatic rings. The van der Waals surface area contributed by atoms with Crippen molar-refractivity contribution in [2.24, 2.45) is 0 Å². The van der Waals surface area contributed by atoms with Gasteiger partial charge in [0.2, 0.25) is 0 Å². The number of likely N-dealkylation sites (tertiary alicyclic amines) is 1. The fourth-order valence-electron chi connectivity index (χ4n) is 2.64. The molecule has 1 saturated heterocycles. The van der Waals surface area contributed by atoms with E-state index >= 15 is 0 Å². The Morgan fingerprint density at radius 1 is 1.21 bits per heavy atom. The molecule has 0 saturated carbocycles. The second-order valence-electron chi connectivity index (χ2n) is 5.02. The quantitative estimate of drug-likeness (QED) is 0.866. The van der Waals surface area contributed by atoms with E-state index in [4.69, 9.17) is 10.2 Å². The minimum atomic E-state index is -0.00861. The molecule has 0 aromatic heterocycles. The molecule has 4 heteroatoms. The Bertz CT molecular complexity index is 414. The van der Waals surface area contributed by atoms with Crippen molar-refractivity contribution in [1.29, 1.82) is 0 Å². The fourth-order valence-corrected chi connectivity index (χ4v) is 2.64. The van der Waals surface area contributed by atoms with Crippen LogP contribution in [0.2, 0.25) is 0 Å². The van der Waals surface area contributed by atoms with Gasteiger partial charge in [-0.1, -0.05) is 12.1 Å². The second kappa shape index (κ2) is 6.68. The summed E-state index contributed by atoms with van der Waals surface area (Å²) < 4.78 is 0. The topological polar surface area (TPSA) is 60.8 Å². The minimum absolute atomic E-state index is 0.00861. The lowest BCUT2D eigenvalue weighted by Gasteiger charge is -2.35. The number of benzene rings is 1. The van der Waals surface area contributed by atoms with Crippen LogP contribution in [0.3, 0.4) is 0 Å². The van der Waals surface area contributed by atoms with Crippen molar-refractivity contribution in [1.82, 2.24) is 4.90 Å². The lowest BCUT2D eigenvalue weighted by atomic mass is 9.98. The van der Waals surface area contributed by atoms with E-state index < -0.39 is 0 Å². The molecule has 0 radical (unpaired) electrons. The van der Waals surface area contributed by atoms with Gasteiger partial charge in [-0.05, 0) is 43.4 Å². The van der Waals surface area contributed by atoms with Crippen LogP contribution in [0.5, 0.6) is 0 Å². The first-order valence-corrected chi connectivity index (χ1v) is 6.88. The highest BCUT2D eigenvalue weighted by Gasteiger charge is 2.26. The summed E-state index contributed by atoms with van der Waals surface area (Å²) in [6.45, 7) is 0.883. The molecule has 104 valence electrons. The molecule has 0 spiro atoms. The predicted molar refractivity (Wildman–Crippen MR) is 72.7 cm³/mol. The van der Waals surface area contributed by atoms with E-state index in [2.05, 4.69) is 0 Å². The number of aliphatic hydroxyl groups excluding tert-OH is 2. The Labute approximate surface area is 113 Å². The SMILES string of the molecule is O=C(c1ccc(CO)cc1)N1CCCCC1CCO. The number of carbonyl (C=O) groups is 1. The maximum atomic E-state index is 12.5. The summed E-state index contributed by atoms with van der Waals surface area (Å²) in [5, 5.41) is 18.1. The van der Waals surface area contributed by atoms with Crippen LogP contribution in [0, 0.1) is 0 Å². The smallest absolute Gasteiger partial charge is 0.254 e. The van der Waals surface area contributed by atoms with Gasteiger partial charge in [-0.3, -0.25) is 4.79 Å². The van der Waals surface area contributed by atoms with E-state index in [0.29, 0.717) is 12.0 Å². The van der Waals surface area contributed by atoms with E-state index in [1.165, 1.54) is 0 Å². The van der Waals surface area contributed by atoms with E-state index in [1.54, 1.807) is 24.3 Å². The van der Waals surface area contributed by atoms with Crippen molar-refractivity contribution < 1.29 is 15.0 Å². The van der Waals surface area contributed by atoms with Gasteiger partial charge < -0.3 is 15.1 Å². The molecule has 1 atom stereocenters. The highest BCUT2D eigenvalue weighted by Crippen LogP contribution is 2.22. The van der Waals surface area contributed by atoms with Crippen molar-refractivity contribution in [2.75, 3.05) is 13.2 Å². The second-order valence-corrected chi connectivity index (χ2v) is 5.02. The molecule has 1 amide bonds. The summed E-state index contributed by atoms with van der Waals surface area (Å²) in [6, 6.07) is 7.23. The maximum Gasteiger partial charge on any atom is 0.254 e. The maximum absolute atomic E-state index is 12.5. The van der Waals surface area contributed by atoms with Gasteiger partial charge in [-0.15, -0.1) is 0 Å². The molecule has 1 fully saturated rings. The molecule has 4 nitrogen and oxygen atoms in total. The van der Waals surface area contributed by atoms with Gasteiger partial charge in [0, 0.05) is 24.8 Å². The Morgan fingerprint density at radius 2 is 1.95 bits per heavy atom. The van der Waals surface area contributed by atoms with Crippen LogP contribution in [0.25, 0.3) is 0 Å². The van der Waals surface area contributed by atoms with Gasteiger partial charge in [-0.2, -0.15) is 0 Å².